The third kappa shape index (κ3) is 5.33. The zero-order valence-corrected chi connectivity index (χ0v) is 14.8. The Labute approximate surface area is 147 Å². The SMILES string of the molecule is CCCNS(=O)(=O)c1ccc(NC(=O)Cc2ccc(Cl)cc2)cc1. The van der Waals surface area contributed by atoms with Crippen molar-refractivity contribution in [3.8, 4) is 0 Å². The summed E-state index contributed by atoms with van der Waals surface area (Å²) in [6.45, 7) is 2.28. The molecule has 0 fully saturated rings. The van der Waals surface area contributed by atoms with Crippen LogP contribution in [0.4, 0.5) is 5.69 Å². The molecule has 24 heavy (non-hydrogen) atoms. The number of hydrogen-bond donors (Lipinski definition) is 2. The lowest BCUT2D eigenvalue weighted by Crippen LogP contribution is -2.24. The summed E-state index contributed by atoms with van der Waals surface area (Å²) in [6, 6.07) is 13.1. The monoisotopic (exact) mass is 366 g/mol. The van der Waals surface area contributed by atoms with Crippen LogP contribution in [0.25, 0.3) is 0 Å². The van der Waals surface area contributed by atoms with Gasteiger partial charge < -0.3 is 5.32 Å². The lowest BCUT2D eigenvalue weighted by atomic mass is 10.1. The highest BCUT2D eigenvalue weighted by Gasteiger charge is 2.13. The van der Waals surface area contributed by atoms with Crippen molar-refractivity contribution in [1.29, 1.82) is 0 Å². The largest absolute Gasteiger partial charge is 0.326 e. The number of anilines is 1. The second kappa shape index (κ2) is 8.28. The van der Waals surface area contributed by atoms with Gasteiger partial charge in [0.15, 0.2) is 0 Å². The summed E-state index contributed by atoms with van der Waals surface area (Å²) in [6.07, 6.45) is 0.938. The van der Waals surface area contributed by atoms with E-state index in [1.165, 1.54) is 12.1 Å². The van der Waals surface area contributed by atoms with Crippen molar-refractivity contribution < 1.29 is 13.2 Å². The Morgan fingerprint density at radius 3 is 2.25 bits per heavy atom. The highest BCUT2D eigenvalue weighted by atomic mass is 35.5. The Bertz CT molecular complexity index is 788. The Morgan fingerprint density at radius 2 is 1.67 bits per heavy atom. The van der Waals surface area contributed by atoms with Gasteiger partial charge in [0.1, 0.15) is 0 Å². The molecule has 0 aliphatic heterocycles. The van der Waals surface area contributed by atoms with Gasteiger partial charge in [-0.2, -0.15) is 0 Å². The predicted molar refractivity (Wildman–Crippen MR) is 95.7 cm³/mol. The molecule has 2 aromatic carbocycles. The molecule has 7 heteroatoms. The maximum absolute atomic E-state index is 12.0. The van der Waals surface area contributed by atoms with E-state index in [0.29, 0.717) is 17.3 Å². The van der Waals surface area contributed by atoms with E-state index in [9.17, 15) is 13.2 Å². The van der Waals surface area contributed by atoms with Crippen molar-refractivity contribution >= 4 is 33.2 Å². The zero-order chi connectivity index (χ0) is 17.6. The molecule has 0 aromatic heterocycles. The fourth-order valence-corrected chi connectivity index (χ4v) is 3.29. The number of carbonyl (C=O) groups excluding carboxylic acids is 1. The van der Waals surface area contributed by atoms with Gasteiger partial charge >= 0.3 is 0 Å². The molecule has 0 atom stereocenters. The number of carbonyl (C=O) groups is 1. The first kappa shape index (κ1) is 18.4. The molecular weight excluding hydrogens is 348 g/mol. The first-order valence-corrected chi connectivity index (χ1v) is 9.41. The van der Waals surface area contributed by atoms with Crippen molar-refractivity contribution in [1.82, 2.24) is 4.72 Å². The number of hydrogen-bond acceptors (Lipinski definition) is 3. The van der Waals surface area contributed by atoms with Gasteiger partial charge in [-0.05, 0) is 48.4 Å². The van der Waals surface area contributed by atoms with Crippen molar-refractivity contribution in [2.24, 2.45) is 0 Å². The van der Waals surface area contributed by atoms with Crippen molar-refractivity contribution in [2.45, 2.75) is 24.7 Å². The molecule has 0 bridgehead atoms. The molecule has 0 radical (unpaired) electrons. The third-order valence-corrected chi connectivity index (χ3v) is 5.00. The molecule has 1 amide bonds. The molecule has 0 saturated carbocycles. The van der Waals surface area contributed by atoms with E-state index in [0.717, 1.165) is 12.0 Å². The van der Waals surface area contributed by atoms with Crippen LogP contribution in [-0.4, -0.2) is 20.9 Å². The number of rotatable bonds is 7. The number of sulfonamides is 1. The molecule has 0 aliphatic carbocycles. The lowest BCUT2D eigenvalue weighted by molar-refractivity contribution is -0.115. The van der Waals surface area contributed by atoms with Gasteiger partial charge in [-0.25, -0.2) is 13.1 Å². The number of amides is 1. The minimum Gasteiger partial charge on any atom is -0.326 e. The summed E-state index contributed by atoms with van der Waals surface area (Å²) >= 11 is 5.81. The minimum atomic E-state index is -3.50. The number of halogens is 1. The summed E-state index contributed by atoms with van der Waals surface area (Å²) in [5.41, 5.74) is 1.39. The number of benzene rings is 2. The van der Waals surface area contributed by atoms with E-state index < -0.39 is 10.0 Å². The fourth-order valence-electron chi connectivity index (χ4n) is 2.03. The van der Waals surface area contributed by atoms with Gasteiger partial charge in [0.05, 0.1) is 11.3 Å². The summed E-state index contributed by atoms with van der Waals surface area (Å²) in [7, 11) is -3.50. The van der Waals surface area contributed by atoms with Gasteiger partial charge in [-0.1, -0.05) is 30.7 Å². The van der Waals surface area contributed by atoms with Crippen LogP contribution >= 0.6 is 11.6 Å². The molecule has 2 N–H and O–H groups in total. The molecule has 0 saturated heterocycles. The fraction of sp³-hybridized carbons (Fsp3) is 0.235. The first-order chi connectivity index (χ1) is 11.4. The van der Waals surface area contributed by atoms with Gasteiger partial charge in [0.25, 0.3) is 0 Å². The van der Waals surface area contributed by atoms with Crippen molar-refractivity contribution in [3.63, 3.8) is 0 Å². The maximum Gasteiger partial charge on any atom is 0.240 e. The normalized spacial score (nSPS) is 11.2. The van der Waals surface area contributed by atoms with Crippen molar-refractivity contribution in [2.75, 3.05) is 11.9 Å². The predicted octanol–water partition coefficient (Wildman–Crippen LogP) is 3.21. The maximum atomic E-state index is 12.0. The molecule has 0 aliphatic rings. The van der Waals surface area contributed by atoms with Crippen LogP contribution in [0.5, 0.6) is 0 Å². The Morgan fingerprint density at radius 1 is 1.04 bits per heavy atom. The molecule has 2 aromatic rings. The summed E-state index contributed by atoms with van der Waals surface area (Å²) in [5.74, 6) is -0.183. The summed E-state index contributed by atoms with van der Waals surface area (Å²) < 4.78 is 26.5. The Hall–Kier alpha value is -1.89. The van der Waals surface area contributed by atoms with Crippen LogP contribution in [0.2, 0.25) is 5.02 Å². The topological polar surface area (TPSA) is 75.3 Å². The zero-order valence-electron chi connectivity index (χ0n) is 13.3. The van der Waals surface area contributed by atoms with Gasteiger partial charge in [-0.15, -0.1) is 0 Å². The molecule has 128 valence electrons. The van der Waals surface area contributed by atoms with E-state index in [1.54, 1.807) is 36.4 Å². The summed E-state index contributed by atoms with van der Waals surface area (Å²) in [5, 5.41) is 3.36. The molecule has 0 heterocycles. The standard InChI is InChI=1S/C17H19ClN2O3S/c1-2-11-19-24(22,23)16-9-7-15(8-10-16)20-17(21)12-13-3-5-14(18)6-4-13/h3-10,19H,2,11-12H2,1H3,(H,20,21). The highest BCUT2D eigenvalue weighted by Crippen LogP contribution is 2.15. The second-order valence-corrected chi connectivity index (χ2v) is 7.48. The Balaban J connectivity index is 1.98. The molecule has 0 unspecified atom stereocenters. The minimum absolute atomic E-state index is 0.173. The molecule has 2 rings (SSSR count). The van der Waals surface area contributed by atoms with E-state index >= 15 is 0 Å². The third-order valence-electron chi connectivity index (χ3n) is 3.27. The Kier molecular flexibility index (Phi) is 6.36. The molecular formula is C17H19ClN2O3S. The van der Waals surface area contributed by atoms with Crippen molar-refractivity contribution in [3.05, 3.63) is 59.1 Å². The van der Waals surface area contributed by atoms with Crippen LogP contribution in [0.1, 0.15) is 18.9 Å². The average molecular weight is 367 g/mol. The molecule has 5 nitrogen and oxygen atoms in total. The van der Waals surface area contributed by atoms with E-state index in [2.05, 4.69) is 10.0 Å². The molecule has 0 spiro atoms. The highest BCUT2D eigenvalue weighted by molar-refractivity contribution is 7.89. The summed E-state index contributed by atoms with van der Waals surface area (Å²) in [4.78, 5) is 12.2. The van der Waals surface area contributed by atoms with Gasteiger partial charge in [0.2, 0.25) is 15.9 Å². The van der Waals surface area contributed by atoms with E-state index in [-0.39, 0.29) is 17.2 Å². The quantitative estimate of drug-likeness (QED) is 0.790. The van der Waals surface area contributed by atoms with Crippen LogP contribution < -0.4 is 10.0 Å². The number of nitrogens with one attached hydrogen (secondary N) is 2. The van der Waals surface area contributed by atoms with Gasteiger partial charge in [-0.3, -0.25) is 4.79 Å². The lowest BCUT2D eigenvalue weighted by Gasteiger charge is -2.08. The van der Waals surface area contributed by atoms with Crippen LogP contribution in [0.15, 0.2) is 53.4 Å². The van der Waals surface area contributed by atoms with E-state index in [4.69, 9.17) is 11.6 Å². The van der Waals surface area contributed by atoms with Crippen LogP contribution in [-0.2, 0) is 21.2 Å². The van der Waals surface area contributed by atoms with Crippen LogP contribution in [0.3, 0.4) is 0 Å². The first-order valence-electron chi connectivity index (χ1n) is 7.55. The van der Waals surface area contributed by atoms with Crippen LogP contribution in [0, 0.1) is 0 Å². The average Bonchev–Trinajstić information content (AvgIpc) is 2.55. The van der Waals surface area contributed by atoms with Gasteiger partial charge in [0, 0.05) is 17.3 Å². The van der Waals surface area contributed by atoms with E-state index in [1.807, 2.05) is 6.92 Å². The second-order valence-electron chi connectivity index (χ2n) is 5.27. The smallest absolute Gasteiger partial charge is 0.240 e.